The predicted octanol–water partition coefficient (Wildman–Crippen LogP) is 2.21. The Morgan fingerprint density at radius 2 is 2.32 bits per heavy atom. The Morgan fingerprint density at radius 3 is 2.89 bits per heavy atom. The summed E-state index contributed by atoms with van der Waals surface area (Å²) in [7, 11) is 1.60. The second kappa shape index (κ2) is 5.91. The molecule has 1 aromatic rings. The van der Waals surface area contributed by atoms with Crippen molar-refractivity contribution >= 4 is 5.96 Å². The van der Waals surface area contributed by atoms with Crippen molar-refractivity contribution in [2.45, 2.75) is 25.8 Å². The average molecular weight is 265 g/mol. The smallest absolute Gasteiger partial charge is 0.188 e. The van der Waals surface area contributed by atoms with Crippen LogP contribution < -0.4 is 15.8 Å². The highest BCUT2D eigenvalue weighted by molar-refractivity contribution is 5.78. The minimum absolute atomic E-state index is 0.101. The van der Waals surface area contributed by atoms with Gasteiger partial charge in [-0.1, -0.05) is 6.07 Å². The van der Waals surface area contributed by atoms with Crippen LogP contribution in [0.3, 0.4) is 0 Å². The summed E-state index contributed by atoms with van der Waals surface area (Å²) in [6.07, 6.45) is 2.38. The van der Waals surface area contributed by atoms with E-state index in [2.05, 4.69) is 10.3 Å². The van der Waals surface area contributed by atoms with Gasteiger partial charge in [-0.05, 0) is 43.4 Å². The van der Waals surface area contributed by atoms with Crippen LogP contribution in [0.4, 0.5) is 4.39 Å². The number of nitrogens with two attached hydrogens (primary N) is 1. The Balaban J connectivity index is 2.00. The summed E-state index contributed by atoms with van der Waals surface area (Å²) in [6, 6.07) is 4.88. The van der Waals surface area contributed by atoms with Crippen molar-refractivity contribution in [3.8, 4) is 5.75 Å². The summed E-state index contributed by atoms with van der Waals surface area (Å²) in [5, 5.41) is 2.97. The molecule has 0 amide bonds. The molecule has 0 radical (unpaired) electrons. The second-order valence-electron chi connectivity index (χ2n) is 4.92. The first kappa shape index (κ1) is 13.6. The summed E-state index contributed by atoms with van der Waals surface area (Å²) < 4.78 is 19.3. The van der Waals surface area contributed by atoms with Crippen LogP contribution in [-0.2, 0) is 0 Å². The average Bonchev–Trinajstić information content (AvgIpc) is 3.21. The van der Waals surface area contributed by atoms with Gasteiger partial charge in [0.05, 0.1) is 12.6 Å². The number of nitrogens with one attached hydrogen (secondary N) is 1. The maximum atomic E-state index is 13.9. The summed E-state index contributed by atoms with van der Waals surface area (Å²) in [5.74, 6) is 0.931. The van der Waals surface area contributed by atoms with Gasteiger partial charge in [-0.15, -0.1) is 0 Å². The molecule has 19 heavy (non-hydrogen) atoms. The Bertz CT molecular complexity index is 472. The Morgan fingerprint density at radius 1 is 1.58 bits per heavy atom. The molecule has 5 heteroatoms. The predicted molar refractivity (Wildman–Crippen MR) is 73.7 cm³/mol. The molecule has 1 aliphatic carbocycles. The van der Waals surface area contributed by atoms with Crippen molar-refractivity contribution in [2.75, 3.05) is 13.7 Å². The molecule has 0 aliphatic heterocycles. The molecule has 0 bridgehead atoms. The molecule has 1 atom stereocenters. The molecule has 0 aromatic heterocycles. The van der Waals surface area contributed by atoms with Crippen LogP contribution in [0.15, 0.2) is 23.2 Å². The monoisotopic (exact) mass is 265 g/mol. The lowest BCUT2D eigenvalue weighted by atomic mass is 10.1. The molecule has 3 N–H and O–H groups in total. The lowest BCUT2D eigenvalue weighted by molar-refractivity contribution is 0.285. The third-order valence-electron chi connectivity index (χ3n) is 3.23. The van der Waals surface area contributed by atoms with E-state index < -0.39 is 0 Å². The van der Waals surface area contributed by atoms with E-state index in [0.717, 1.165) is 5.56 Å². The molecular formula is C14H20FN3O. The second-order valence-corrected chi connectivity index (χ2v) is 4.92. The normalized spacial score (nSPS) is 17.1. The number of ether oxygens (including phenoxy) is 1. The van der Waals surface area contributed by atoms with Gasteiger partial charge in [-0.25, -0.2) is 4.39 Å². The quantitative estimate of drug-likeness (QED) is 0.634. The van der Waals surface area contributed by atoms with E-state index in [0.29, 0.717) is 24.2 Å². The first-order valence-corrected chi connectivity index (χ1v) is 6.51. The van der Waals surface area contributed by atoms with Gasteiger partial charge in [0.1, 0.15) is 0 Å². The van der Waals surface area contributed by atoms with Gasteiger partial charge in [0, 0.05) is 7.05 Å². The van der Waals surface area contributed by atoms with Crippen LogP contribution in [0, 0.1) is 11.7 Å². The maximum absolute atomic E-state index is 13.9. The van der Waals surface area contributed by atoms with Gasteiger partial charge in [-0.3, -0.25) is 4.99 Å². The van der Waals surface area contributed by atoms with E-state index >= 15 is 0 Å². The van der Waals surface area contributed by atoms with Gasteiger partial charge in [0.15, 0.2) is 17.5 Å². The summed E-state index contributed by atoms with van der Waals surface area (Å²) in [6.45, 7) is 2.51. The van der Waals surface area contributed by atoms with Gasteiger partial charge < -0.3 is 15.8 Å². The number of hydrogen-bond donors (Lipinski definition) is 2. The number of nitrogens with zero attached hydrogens (tertiary/aromatic N) is 1. The highest BCUT2D eigenvalue weighted by Gasteiger charge is 2.22. The van der Waals surface area contributed by atoms with Gasteiger partial charge in [0.2, 0.25) is 0 Å². The lowest BCUT2D eigenvalue weighted by Gasteiger charge is -2.15. The highest BCUT2D eigenvalue weighted by Crippen LogP contribution is 2.30. The first-order valence-electron chi connectivity index (χ1n) is 6.51. The number of aliphatic imine (C=N–C) groups is 1. The fraction of sp³-hybridized carbons (Fsp3) is 0.500. The molecule has 0 spiro atoms. The van der Waals surface area contributed by atoms with Gasteiger partial charge in [-0.2, -0.15) is 0 Å². The molecule has 0 heterocycles. The molecule has 2 rings (SSSR count). The largest absolute Gasteiger partial charge is 0.490 e. The van der Waals surface area contributed by atoms with Crippen molar-refractivity contribution in [1.82, 2.24) is 5.32 Å². The first-order chi connectivity index (χ1) is 9.10. The van der Waals surface area contributed by atoms with Crippen molar-refractivity contribution in [1.29, 1.82) is 0 Å². The maximum Gasteiger partial charge on any atom is 0.188 e. The minimum Gasteiger partial charge on any atom is -0.490 e. The zero-order valence-electron chi connectivity index (χ0n) is 11.3. The SMILES string of the molecule is CN=C(N)NC(C)c1ccc(OCC2CC2)c(F)c1. The van der Waals surface area contributed by atoms with Crippen LogP contribution in [-0.4, -0.2) is 19.6 Å². The van der Waals surface area contributed by atoms with Crippen molar-refractivity contribution < 1.29 is 9.13 Å². The Hall–Kier alpha value is -1.78. The van der Waals surface area contributed by atoms with E-state index in [1.807, 2.05) is 13.0 Å². The van der Waals surface area contributed by atoms with E-state index in [1.54, 1.807) is 13.1 Å². The van der Waals surface area contributed by atoms with Crippen LogP contribution in [0.5, 0.6) is 5.75 Å². The van der Waals surface area contributed by atoms with Crippen LogP contribution in [0.25, 0.3) is 0 Å². The van der Waals surface area contributed by atoms with Crippen molar-refractivity contribution in [3.63, 3.8) is 0 Å². The Kier molecular flexibility index (Phi) is 4.24. The third-order valence-corrected chi connectivity index (χ3v) is 3.23. The van der Waals surface area contributed by atoms with E-state index in [1.165, 1.54) is 18.9 Å². The minimum atomic E-state index is -0.334. The van der Waals surface area contributed by atoms with E-state index in [9.17, 15) is 4.39 Å². The number of halogens is 1. The number of benzene rings is 1. The molecule has 104 valence electrons. The van der Waals surface area contributed by atoms with Crippen molar-refractivity contribution in [3.05, 3.63) is 29.6 Å². The van der Waals surface area contributed by atoms with Gasteiger partial charge in [0.25, 0.3) is 0 Å². The molecule has 1 unspecified atom stereocenters. The molecule has 4 nitrogen and oxygen atoms in total. The lowest BCUT2D eigenvalue weighted by Crippen LogP contribution is -2.33. The van der Waals surface area contributed by atoms with Crippen molar-refractivity contribution in [2.24, 2.45) is 16.6 Å². The summed E-state index contributed by atoms with van der Waals surface area (Å²) in [4.78, 5) is 3.81. The van der Waals surface area contributed by atoms with E-state index in [-0.39, 0.29) is 11.9 Å². The van der Waals surface area contributed by atoms with Crippen LogP contribution in [0.1, 0.15) is 31.4 Å². The topological polar surface area (TPSA) is 59.6 Å². The molecule has 1 saturated carbocycles. The standard InChI is InChI=1S/C14H20FN3O/c1-9(18-14(16)17-2)11-5-6-13(12(15)7-11)19-8-10-3-4-10/h5-7,9-10H,3-4,8H2,1-2H3,(H3,16,17,18). The summed E-state index contributed by atoms with van der Waals surface area (Å²) >= 11 is 0. The van der Waals surface area contributed by atoms with Crippen LogP contribution >= 0.6 is 0 Å². The molecule has 1 fully saturated rings. The zero-order chi connectivity index (χ0) is 13.8. The summed E-state index contributed by atoms with van der Waals surface area (Å²) in [5.41, 5.74) is 6.40. The Labute approximate surface area is 112 Å². The molecular weight excluding hydrogens is 245 g/mol. The van der Waals surface area contributed by atoms with Gasteiger partial charge >= 0.3 is 0 Å². The van der Waals surface area contributed by atoms with Crippen LogP contribution in [0.2, 0.25) is 0 Å². The molecule has 0 saturated heterocycles. The van der Waals surface area contributed by atoms with E-state index in [4.69, 9.17) is 10.5 Å². The highest BCUT2D eigenvalue weighted by atomic mass is 19.1. The number of guanidine groups is 1. The third kappa shape index (κ3) is 3.84. The number of hydrogen-bond acceptors (Lipinski definition) is 2. The molecule has 1 aliphatic rings. The fourth-order valence-corrected chi connectivity index (χ4v) is 1.77. The zero-order valence-corrected chi connectivity index (χ0v) is 11.3. The number of rotatable bonds is 5. The molecule has 1 aromatic carbocycles. The fourth-order valence-electron chi connectivity index (χ4n) is 1.77.